The molecule has 0 bridgehead atoms. The van der Waals surface area contributed by atoms with Crippen LogP contribution in [-0.4, -0.2) is 4.98 Å². The van der Waals surface area contributed by atoms with Crippen molar-refractivity contribution in [2.75, 3.05) is 0 Å². The number of halogens is 1. The lowest BCUT2D eigenvalue weighted by atomic mass is 10.2. The summed E-state index contributed by atoms with van der Waals surface area (Å²) in [6.07, 6.45) is 0. The van der Waals surface area contributed by atoms with Gasteiger partial charge < -0.3 is 4.42 Å². The summed E-state index contributed by atoms with van der Waals surface area (Å²) in [6.45, 7) is 0. The van der Waals surface area contributed by atoms with Gasteiger partial charge in [0.2, 0.25) is 0 Å². The van der Waals surface area contributed by atoms with Crippen molar-refractivity contribution < 1.29 is 4.42 Å². The Morgan fingerprint density at radius 2 is 1.81 bits per heavy atom. The van der Waals surface area contributed by atoms with Crippen LogP contribution < -0.4 is 0 Å². The van der Waals surface area contributed by atoms with Gasteiger partial charge in [0, 0.05) is 11.6 Å². The van der Waals surface area contributed by atoms with E-state index in [1.165, 1.54) is 0 Å². The molecule has 0 atom stereocenters. The van der Waals surface area contributed by atoms with E-state index >= 15 is 0 Å². The molecule has 0 saturated heterocycles. The molecule has 16 heavy (non-hydrogen) atoms. The van der Waals surface area contributed by atoms with Gasteiger partial charge in [0.1, 0.15) is 15.9 Å². The molecule has 0 radical (unpaired) electrons. The fourth-order valence-electron chi connectivity index (χ4n) is 1.64. The number of pyridine rings is 1. The SMILES string of the molecule is Brc1ccc2oc(-c3ccccc3)cc2n1. The van der Waals surface area contributed by atoms with Crippen LogP contribution in [0.3, 0.4) is 0 Å². The molecule has 78 valence electrons. The molecule has 1 aromatic carbocycles. The molecule has 2 aromatic heterocycles. The molecular weight excluding hydrogens is 266 g/mol. The summed E-state index contributed by atoms with van der Waals surface area (Å²) in [5.74, 6) is 0.848. The Labute approximate surface area is 101 Å². The maximum Gasteiger partial charge on any atom is 0.153 e. The minimum absolute atomic E-state index is 0.807. The van der Waals surface area contributed by atoms with E-state index in [2.05, 4.69) is 20.9 Å². The van der Waals surface area contributed by atoms with Crippen LogP contribution >= 0.6 is 15.9 Å². The zero-order valence-electron chi connectivity index (χ0n) is 8.35. The zero-order chi connectivity index (χ0) is 11.0. The summed E-state index contributed by atoms with van der Waals surface area (Å²) in [7, 11) is 0. The topological polar surface area (TPSA) is 26.0 Å². The smallest absolute Gasteiger partial charge is 0.153 e. The van der Waals surface area contributed by atoms with Gasteiger partial charge in [-0.15, -0.1) is 0 Å². The lowest BCUT2D eigenvalue weighted by Gasteiger charge is -1.93. The van der Waals surface area contributed by atoms with E-state index in [0.717, 1.165) is 27.0 Å². The highest BCUT2D eigenvalue weighted by Crippen LogP contribution is 2.27. The van der Waals surface area contributed by atoms with Crippen molar-refractivity contribution in [3.05, 3.63) is 53.1 Å². The third-order valence-corrected chi connectivity index (χ3v) is 2.84. The molecule has 0 N–H and O–H groups in total. The lowest BCUT2D eigenvalue weighted by Crippen LogP contribution is -1.72. The van der Waals surface area contributed by atoms with Crippen LogP contribution in [0.15, 0.2) is 57.6 Å². The third kappa shape index (κ3) is 1.63. The van der Waals surface area contributed by atoms with E-state index in [-0.39, 0.29) is 0 Å². The first kappa shape index (κ1) is 9.60. The molecular formula is C13H8BrNO. The minimum Gasteiger partial charge on any atom is -0.454 e. The summed E-state index contributed by atoms with van der Waals surface area (Å²) in [5, 5.41) is 0. The van der Waals surface area contributed by atoms with Crippen LogP contribution in [-0.2, 0) is 0 Å². The van der Waals surface area contributed by atoms with Gasteiger partial charge in [-0.3, -0.25) is 0 Å². The zero-order valence-corrected chi connectivity index (χ0v) is 9.94. The van der Waals surface area contributed by atoms with Gasteiger partial charge in [-0.2, -0.15) is 0 Å². The highest BCUT2D eigenvalue weighted by Gasteiger charge is 2.06. The summed E-state index contributed by atoms with van der Waals surface area (Å²) in [4.78, 5) is 4.34. The fraction of sp³-hybridized carbons (Fsp3) is 0. The molecule has 0 unspecified atom stereocenters. The Morgan fingerprint density at radius 1 is 1.00 bits per heavy atom. The van der Waals surface area contributed by atoms with Crippen LogP contribution in [0.1, 0.15) is 0 Å². The molecule has 3 rings (SSSR count). The maximum absolute atomic E-state index is 5.73. The highest BCUT2D eigenvalue weighted by molar-refractivity contribution is 9.10. The Kier molecular flexibility index (Phi) is 2.26. The Balaban J connectivity index is 2.19. The number of hydrogen-bond donors (Lipinski definition) is 0. The van der Waals surface area contributed by atoms with Crippen molar-refractivity contribution >= 4 is 27.0 Å². The van der Waals surface area contributed by atoms with Crippen LogP contribution in [0.25, 0.3) is 22.4 Å². The van der Waals surface area contributed by atoms with Gasteiger partial charge in [0.25, 0.3) is 0 Å². The highest BCUT2D eigenvalue weighted by atomic mass is 79.9. The van der Waals surface area contributed by atoms with Gasteiger partial charge in [-0.1, -0.05) is 30.3 Å². The van der Waals surface area contributed by atoms with E-state index in [4.69, 9.17) is 4.42 Å². The first-order valence-corrected chi connectivity index (χ1v) is 5.74. The molecule has 0 spiro atoms. The number of nitrogens with zero attached hydrogens (tertiary/aromatic N) is 1. The molecule has 2 heterocycles. The van der Waals surface area contributed by atoms with Crippen LogP contribution in [0.2, 0.25) is 0 Å². The second kappa shape index (κ2) is 3.76. The van der Waals surface area contributed by atoms with Gasteiger partial charge >= 0.3 is 0 Å². The van der Waals surface area contributed by atoms with E-state index in [9.17, 15) is 0 Å². The summed E-state index contributed by atoms with van der Waals surface area (Å²) < 4.78 is 6.55. The molecule has 3 heteroatoms. The van der Waals surface area contributed by atoms with Gasteiger partial charge in [-0.25, -0.2) is 4.98 Å². The molecule has 0 amide bonds. The first-order valence-electron chi connectivity index (χ1n) is 4.94. The second-order valence-electron chi connectivity index (χ2n) is 3.49. The molecule has 3 aromatic rings. The monoisotopic (exact) mass is 273 g/mol. The standard InChI is InChI=1S/C13H8BrNO/c14-13-7-6-11-10(15-13)8-12(16-11)9-4-2-1-3-5-9/h1-8H. The van der Waals surface area contributed by atoms with Crippen molar-refractivity contribution in [2.24, 2.45) is 0 Å². The number of hydrogen-bond acceptors (Lipinski definition) is 2. The van der Waals surface area contributed by atoms with Gasteiger partial charge in [0.15, 0.2) is 5.58 Å². The predicted octanol–water partition coefficient (Wildman–Crippen LogP) is 4.26. The predicted molar refractivity (Wildman–Crippen MR) is 67.1 cm³/mol. The average molecular weight is 274 g/mol. The summed E-state index contributed by atoms with van der Waals surface area (Å²) in [5.41, 5.74) is 2.74. The molecule has 0 aliphatic rings. The van der Waals surface area contributed by atoms with Crippen molar-refractivity contribution in [1.29, 1.82) is 0 Å². The van der Waals surface area contributed by atoms with Crippen LogP contribution in [0.5, 0.6) is 0 Å². The number of fused-ring (bicyclic) bond motifs is 1. The van der Waals surface area contributed by atoms with Crippen molar-refractivity contribution in [3.63, 3.8) is 0 Å². The van der Waals surface area contributed by atoms with Crippen LogP contribution in [0.4, 0.5) is 0 Å². The minimum atomic E-state index is 0.807. The van der Waals surface area contributed by atoms with E-state index in [1.807, 2.05) is 48.5 Å². The molecule has 2 nitrogen and oxygen atoms in total. The fourth-order valence-corrected chi connectivity index (χ4v) is 1.97. The average Bonchev–Trinajstić information content (AvgIpc) is 2.73. The Bertz CT molecular complexity index is 631. The normalized spacial score (nSPS) is 10.8. The Hall–Kier alpha value is -1.61. The summed E-state index contributed by atoms with van der Waals surface area (Å²) >= 11 is 3.35. The molecule has 0 aliphatic carbocycles. The van der Waals surface area contributed by atoms with Crippen molar-refractivity contribution in [3.8, 4) is 11.3 Å². The first-order chi connectivity index (χ1) is 7.83. The number of aromatic nitrogens is 1. The summed E-state index contributed by atoms with van der Waals surface area (Å²) in [6, 6.07) is 15.8. The lowest BCUT2D eigenvalue weighted by molar-refractivity contribution is 0.631. The number of rotatable bonds is 1. The molecule has 0 aliphatic heterocycles. The van der Waals surface area contributed by atoms with E-state index < -0.39 is 0 Å². The molecule has 0 fully saturated rings. The van der Waals surface area contributed by atoms with Crippen LogP contribution in [0, 0.1) is 0 Å². The maximum atomic E-state index is 5.73. The Morgan fingerprint density at radius 3 is 2.62 bits per heavy atom. The quantitative estimate of drug-likeness (QED) is 0.620. The number of benzene rings is 1. The van der Waals surface area contributed by atoms with Crippen molar-refractivity contribution in [1.82, 2.24) is 4.98 Å². The van der Waals surface area contributed by atoms with Crippen molar-refractivity contribution in [2.45, 2.75) is 0 Å². The number of furan rings is 1. The largest absolute Gasteiger partial charge is 0.454 e. The van der Waals surface area contributed by atoms with E-state index in [1.54, 1.807) is 0 Å². The third-order valence-electron chi connectivity index (χ3n) is 2.40. The van der Waals surface area contributed by atoms with E-state index in [0.29, 0.717) is 0 Å². The van der Waals surface area contributed by atoms with Gasteiger partial charge in [0.05, 0.1) is 0 Å². The molecule has 0 saturated carbocycles. The van der Waals surface area contributed by atoms with Gasteiger partial charge in [-0.05, 0) is 28.1 Å². The second-order valence-corrected chi connectivity index (χ2v) is 4.31.